The second-order valence-electron chi connectivity index (χ2n) is 1.61. The van der Waals surface area contributed by atoms with E-state index in [4.69, 9.17) is 0 Å². The highest BCUT2D eigenvalue weighted by molar-refractivity contribution is 5.39. The molecule has 0 aliphatic rings. The molecule has 0 aromatic carbocycles. The summed E-state index contributed by atoms with van der Waals surface area (Å²) in [5, 5.41) is 0. The van der Waals surface area contributed by atoms with Gasteiger partial charge in [0.05, 0.1) is 5.69 Å². The Labute approximate surface area is 54.1 Å². The molecule has 1 heterocycles. The first kappa shape index (κ1) is 6.04. The third kappa shape index (κ3) is 1.70. The summed E-state index contributed by atoms with van der Waals surface area (Å²) in [6.45, 7) is 0. The van der Waals surface area contributed by atoms with E-state index in [-0.39, 0.29) is 0 Å². The summed E-state index contributed by atoms with van der Waals surface area (Å²) in [6, 6.07) is 3.77. The lowest BCUT2D eigenvalue weighted by molar-refractivity contribution is 0.982. The molecule has 3 nitrogen and oxygen atoms in total. The Morgan fingerprint density at radius 2 is 2.00 bits per heavy atom. The average molecular weight is 123 g/mol. The van der Waals surface area contributed by atoms with E-state index in [0.29, 0.717) is 0 Å². The van der Waals surface area contributed by atoms with E-state index in [1.807, 2.05) is 19.2 Å². The van der Waals surface area contributed by atoms with Gasteiger partial charge in [-0.25, -0.2) is 5.43 Å². The van der Waals surface area contributed by atoms with Crippen LogP contribution < -0.4 is 10.9 Å². The number of nitrogens with zero attached hydrogens (tertiary/aromatic N) is 1. The molecule has 9 heavy (non-hydrogen) atoms. The van der Waals surface area contributed by atoms with Crippen LogP contribution in [0.2, 0.25) is 0 Å². The maximum Gasteiger partial charge on any atom is 0.0518 e. The molecule has 3 heteroatoms. The largest absolute Gasteiger partial charge is 0.322 e. The highest BCUT2D eigenvalue weighted by Gasteiger charge is 1.81. The first-order valence-electron chi connectivity index (χ1n) is 2.76. The molecule has 0 bridgehead atoms. The fourth-order valence-electron chi connectivity index (χ4n) is 0.580. The van der Waals surface area contributed by atoms with Crippen molar-refractivity contribution in [2.75, 3.05) is 12.5 Å². The Bertz CT molecular complexity index is 161. The minimum atomic E-state index is 1.02. The van der Waals surface area contributed by atoms with Crippen molar-refractivity contribution < 1.29 is 0 Å². The SMILES string of the molecule is CNNc1ccncc1. The van der Waals surface area contributed by atoms with E-state index in [9.17, 15) is 0 Å². The summed E-state index contributed by atoms with van der Waals surface area (Å²) >= 11 is 0. The first-order chi connectivity index (χ1) is 4.43. The zero-order chi connectivity index (χ0) is 6.53. The predicted molar refractivity (Wildman–Crippen MR) is 36.9 cm³/mol. The maximum absolute atomic E-state index is 3.86. The summed E-state index contributed by atoms with van der Waals surface area (Å²) in [6.07, 6.45) is 3.47. The summed E-state index contributed by atoms with van der Waals surface area (Å²) in [5.74, 6) is 0. The van der Waals surface area contributed by atoms with Crippen molar-refractivity contribution in [1.29, 1.82) is 0 Å². The Morgan fingerprint density at radius 3 is 2.56 bits per heavy atom. The highest BCUT2D eigenvalue weighted by Crippen LogP contribution is 1.99. The van der Waals surface area contributed by atoms with Gasteiger partial charge in [0, 0.05) is 19.4 Å². The van der Waals surface area contributed by atoms with Gasteiger partial charge in [0.1, 0.15) is 0 Å². The van der Waals surface area contributed by atoms with E-state index < -0.39 is 0 Å². The molecular formula is C6H9N3. The summed E-state index contributed by atoms with van der Waals surface area (Å²) in [5.41, 5.74) is 6.74. The molecule has 2 N–H and O–H groups in total. The molecule has 0 unspecified atom stereocenters. The molecule has 0 aliphatic heterocycles. The van der Waals surface area contributed by atoms with Gasteiger partial charge in [0.15, 0.2) is 0 Å². The number of anilines is 1. The van der Waals surface area contributed by atoms with Crippen LogP contribution in [0.25, 0.3) is 0 Å². The highest BCUT2D eigenvalue weighted by atomic mass is 15.3. The fourth-order valence-corrected chi connectivity index (χ4v) is 0.580. The number of nitrogens with one attached hydrogen (secondary N) is 2. The minimum Gasteiger partial charge on any atom is -0.322 e. The number of rotatable bonds is 2. The van der Waals surface area contributed by atoms with Crippen LogP contribution in [0.1, 0.15) is 0 Å². The van der Waals surface area contributed by atoms with E-state index in [2.05, 4.69) is 15.8 Å². The molecule has 0 radical (unpaired) electrons. The van der Waals surface area contributed by atoms with Crippen LogP contribution in [0.3, 0.4) is 0 Å². The molecule has 0 fully saturated rings. The molecule has 0 spiro atoms. The van der Waals surface area contributed by atoms with Gasteiger partial charge in [-0.05, 0) is 12.1 Å². The zero-order valence-electron chi connectivity index (χ0n) is 5.26. The molecule has 0 saturated heterocycles. The van der Waals surface area contributed by atoms with Crippen LogP contribution in [0.5, 0.6) is 0 Å². The van der Waals surface area contributed by atoms with E-state index >= 15 is 0 Å². The Hall–Kier alpha value is -1.09. The van der Waals surface area contributed by atoms with Gasteiger partial charge in [-0.2, -0.15) is 0 Å². The van der Waals surface area contributed by atoms with Crippen molar-refractivity contribution in [2.45, 2.75) is 0 Å². The van der Waals surface area contributed by atoms with Gasteiger partial charge in [-0.15, -0.1) is 0 Å². The number of hydrogen-bond donors (Lipinski definition) is 2. The minimum absolute atomic E-state index is 1.02. The van der Waals surface area contributed by atoms with Crippen LogP contribution in [0, 0.1) is 0 Å². The van der Waals surface area contributed by atoms with Crippen molar-refractivity contribution in [2.24, 2.45) is 0 Å². The van der Waals surface area contributed by atoms with E-state index in [1.165, 1.54) is 0 Å². The van der Waals surface area contributed by atoms with Gasteiger partial charge in [0.25, 0.3) is 0 Å². The monoisotopic (exact) mass is 123 g/mol. The summed E-state index contributed by atoms with van der Waals surface area (Å²) in [7, 11) is 1.82. The van der Waals surface area contributed by atoms with Crippen molar-refractivity contribution in [3.63, 3.8) is 0 Å². The quantitative estimate of drug-likeness (QED) is 0.566. The van der Waals surface area contributed by atoms with Gasteiger partial charge in [-0.1, -0.05) is 0 Å². The average Bonchev–Trinajstić information content (AvgIpc) is 1.91. The number of aromatic nitrogens is 1. The number of pyridine rings is 1. The number of hydrazine groups is 1. The van der Waals surface area contributed by atoms with Crippen LogP contribution in [0.4, 0.5) is 5.69 Å². The topological polar surface area (TPSA) is 37.0 Å². The molecule has 0 atom stereocenters. The molecule has 0 amide bonds. The maximum atomic E-state index is 3.86. The van der Waals surface area contributed by atoms with Crippen LogP contribution >= 0.6 is 0 Å². The van der Waals surface area contributed by atoms with Crippen molar-refractivity contribution in [3.05, 3.63) is 24.5 Å². The van der Waals surface area contributed by atoms with Gasteiger partial charge >= 0.3 is 0 Å². The lowest BCUT2D eigenvalue weighted by Crippen LogP contribution is -2.14. The lowest BCUT2D eigenvalue weighted by atomic mass is 10.4. The molecule has 1 rings (SSSR count). The standard InChI is InChI=1S/C6H9N3/c1-7-9-6-2-4-8-5-3-6/h2-5,7H,1H3,(H,8,9). The van der Waals surface area contributed by atoms with Crippen molar-refractivity contribution in [3.8, 4) is 0 Å². The fraction of sp³-hybridized carbons (Fsp3) is 0.167. The smallest absolute Gasteiger partial charge is 0.0518 e. The lowest BCUT2D eigenvalue weighted by Gasteiger charge is -2.00. The Balaban J connectivity index is 2.61. The molecular weight excluding hydrogens is 114 g/mol. The van der Waals surface area contributed by atoms with Crippen LogP contribution in [0.15, 0.2) is 24.5 Å². The summed E-state index contributed by atoms with van der Waals surface area (Å²) in [4.78, 5) is 3.86. The molecule has 0 saturated carbocycles. The number of hydrogen-bond acceptors (Lipinski definition) is 3. The summed E-state index contributed by atoms with van der Waals surface area (Å²) < 4.78 is 0. The normalized spacial score (nSPS) is 9.00. The second kappa shape index (κ2) is 3.04. The van der Waals surface area contributed by atoms with E-state index in [0.717, 1.165) is 5.69 Å². The zero-order valence-corrected chi connectivity index (χ0v) is 5.26. The van der Waals surface area contributed by atoms with Gasteiger partial charge in [0.2, 0.25) is 0 Å². The van der Waals surface area contributed by atoms with Crippen LogP contribution in [-0.2, 0) is 0 Å². The predicted octanol–water partition coefficient (Wildman–Crippen LogP) is 0.628. The molecule has 48 valence electrons. The van der Waals surface area contributed by atoms with Gasteiger partial charge in [-0.3, -0.25) is 4.98 Å². The van der Waals surface area contributed by atoms with Crippen molar-refractivity contribution >= 4 is 5.69 Å². The molecule has 1 aromatic rings. The Kier molecular flexibility index (Phi) is 2.04. The molecule has 1 aromatic heterocycles. The van der Waals surface area contributed by atoms with Gasteiger partial charge < -0.3 is 5.43 Å². The molecule has 0 aliphatic carbocycles. The van der Waals surface area contributed by atoms with E-state index in [1.54, 1.807) is 12.4 Å². The third-order valence-corrected chi connectivity index (χ3v) is 0.950. The first-order valence-corrected chi connectivity index (χ1v) is 2.76. The third-order valence-electron chi connectivity index (χ3n) is 0.950. The van der Waals surface area contributed by atoms with Crippen LogP contribution in [-0.4, -0.2) is 12.0 Å². The Morgan fingerprint density at radius 1 is 1.33 bits per heavy atom. The van der Waals surface area contributed by atoms with Crippen molar-refractivity contribution in [1.82, 2.24) is 10.4 Å². The second-order valence-corrected chi connectivity index (χ2v) is 1.61.